The molecule has 0 unspecified atom stereocenters. The lowest BCUT2D eigenvalue weighted by Gasteiger charge is -2.12. The lowest BCUT2D eigenvalue weighted by Crippen LogP contribution is -2.28. The van der Waals surface area contributed by atoms with Crippen molar-refractivity contribution in [3.8, 4) is 0 Å². The molecule has 4 rings (SSSR count). The molecule has 0 bridgehead atoms. The molecule has 0 aliphatic carbocycles. The Hall–Kier alpha value is -3.39. The second kappa shape index (κ2) is 7.21. The van der Waals surface area contributed by atoms with Crippen LogP contribution in [0.15, 0.2) is 47.3 Å². The SMILES string of the molecule is Cc1ccc(Cl)cc1NC(=O)Cn1nc2c(N(C)C)nc3ccccc3n2c1=O. The van der Waals surface area contributed by atoms with E-state index in [1.54, 1.807) is 23.1 Å². The highest BCUT2D eigenvalue weighted by Gasteiger charge is 2.18. The highest BCUT2D eigenvalue weighted by Crippen LogP contribution is 2.21. The summed E-state index contributed by atoms with van der Waals surface area (Å²) in [5.74, 6) is 0.176. The van der Waals surface area contributed by atoms with Crippen LogP contribution in [0.25, 0.3) is 16.7 Å². The molecule has 2 heterocycles. The molecule has 0 atom stereocenters. The molecule has 0 aliphatic rings. The van der Waals surface area contributed by atoms with E-state index < -0.39 is 5.69 Å². The van der Waals surface area contributed by atoms with E-state index in [4.69, 9.17) is 11.6 Å². The van der Waals surface area contributed by atoms with Crippen molar-refractivity contribution in [2.24, 2.45) is 0 Å². The van der Waals surface area contributed by atoms with Crippen LogP contribution in [0.1, 0.15) is 5.56 Å². The zero-order valence-electron chi connectivity index (χ0n) is 16.2. The third kappa shape index (κ3) is 3.42. The number of carbonyl (C=O) groups excluding carboxylic acids is 1. The summed E-state index contributed by atoms with van der Waals surface area (Å²) in [5.41, 5.74) is 2.76. The number of nitrogens with zero attached hydrogens (tertiary/aromatic N) is 5. The molecule has 0 saturated heterocycles. The summed E-state index contributed by atoms with van der Waals surface area (Å²) in [6.45, 7) is 1.64. The summed E-state index contributed by atoms with van der Waals surface area (Å²) in [6.07, 6.45) is 0. The monoisotopic (exact) mass is 410 g/mol. The zero-order chi connectivity index (χ0) is 20.7. The second-order valence-electron chi connectivity index (χ2n) is 6.93. The largest absolute Gasteiger partial charge is 0.360 e. The maximum Gasteiger partial charge on any atom is 0.351 e. The molecule has 0 fully saturated rings. The highest BCUT2D eigenvalue weighted by molar-refractivity contribution is 6.31. The smallest absolute Gasteiger partial charge is 0.351 e. The number of benzene rings is 2. The fourth-order valence-corrected chi connectivity index (χ4v) is 3.31. The van der Waals surface area contributed by atoms with E-state index in [1.807, 2.05) is 45.3 Å². The third-order valence-corrected chi connectivity index (χ3v) is 4.81. The maximum absolute atomic E-state index is 13.0. The first-order chi connectivity index (χ1) is 13.8. The number of aromatic nitrogens is 4. The van der Waals surface area contributed by atoms with E-state index in [-0.39, 0.29) is 12.5 Å². The number of halogens is 1. The Bertz CT molecular complexity index is 1310. The highest BCUT2D eigenvalue weighted by atomic mass is 35.5. The molecule has 0 aliphatic heterocycles. The van der Waals surface area contributed by atoms with E-state index in [0.29, 0.717) is 33.2 Å². The van der Waals surface area contributed by atoms with Gasteiger partial charge in [-0.3, -0.25) is 4.79 Å². The van der Waals surface area contributed by atoms with Gasteiger partial charge in [0, 0.05) is 24.8 Å². The van der Waals surface area contributed by atoms with Gasteiger partial charge in [0.1, 0.15) is 6.54 Å². The molecule has 0 radical (unpaired) electrons. The van der Waals surface area contributed by atoms with E-state index in [9.17, 15) is 9.59 Å². The number of amides is 1. The lowest BCUT2D eigenvalue weighted by atomic mass is 10.2. The quantitative estimate of drug-likeness (QED) is 0.559. The average molecular weight is 411 g/mol. The summed E-state index contributed by atoms with van der Waals surface area (Å²) in [4.78, 5) is 32.0. The van der Waals surface area contributed by atoms with Crippen LogP contribution in [0.2, 0.25) is 5.02 Å². The molecule has 2 aromatic heterocycles. The molecule has 4 aromatic rings. The van der Waals surface area contributed by atoms with Crippen molar-refractivity contribution in [1.29, 1.82) is 0 Å². The molecule has 29 heavy (non-hydrogen) atoms. The van der Waals surface area contributed by atoms with Gasteiger partial charge in [-0.15, -0.1) is 5.10 Å². The number of hydrogen-bond acceptors (Lipinski definition) is 5. The molecule has 2 aromatic carbocycles. The molecule has 1 N–H and O–H groups in total. The van der Waals surface area contributed by atoms with E-state index in [0.717, 1.165) is 10.2 Å². The minimum absolute atomic E-state index is 0.229. The number of fused-ring (bicyclic) bond motifs is 3. The van der Waals surface area contributed by atoms with Crippen LogP contribution in [-0.2, 0) is 11.3 Å². The Balaban J connectivity index is 1.77. The Morgan fingerprint density at radius 1 is 1.21 bits per heavy atom. The first-order valence-corrected chi connectivity index (χ1v) is 9.34. The molecular formula is C20H19ClN6O2. The minimum Gasteiger partial charge on any atom is -0.360 e. The van der Waals surface area contributed by atoms with Crippen LogP contribution in [0, 0.1) is 6.92 Å². The van der Waals surface area contributed by atoms with Gasteiger partial charge in [-0.05, 0) is 36.8 Å². The number of hydrogen-bond donors (Lipinski definition) is 1. The van der Waals surface area contributed by atoms with Gasteiger partial charge in [0.2, 0.25) is 11.6 Å². The third-order valence-electron chi connectivity index (χ3n) is 4.58. The number of rotatable bonds is 4. The predicted molar refractivity (Wildman–Crippen MR) is 114 cm³/mol. The molecule has 8 nitrogen and oxygen atoms in total. The Kier molecular flexibility index (Phi) is 4.71. The lowest BCUT2D eigenvalue weighted by molar-refractivity contribution is -0.117. The van der Waals surface area contributed by atoms with Crippen LogP contribution in [0.4, 0.5) is 11.5 Å². The molecular weight excluding hydrogens is 392 g/mol. The van der Waals surface area contributed by atoms with Gasteiger partial charge in [-0.2, -0.15) is 0 Å². The van der Waals surface area contributed by atoms with Crippen molar-refractivity contribution >= 4 is 45.7 Å². The predicted octanol–water partition coefficient (Wildman–Crippen LogP) is 2.71. The standard InChI is InChI=1S/C20H19ClN6O2/c1-12-8-9-13(21)10-15(12)22-17(28)11-26-20(29)27-16-7-5-4-6-14(16)23-18(25(2)3)19(27)24-26/h4-10H,11H2,1-3H3,(H,22,28). The molecule has 1 amide bonds. The van der Waals surface area contributed by atoms with Gasteiger partial charge in [0.25, 0.3) is 0 Å². The Labute approximate surface area is 171 Å². The van der Waals surface area contributed by atoms with E-state index in [2.05, 4.69) is 15.4 Å². The molecule has 0 spiro atoms. The van der Waals surface area contributed by atoms with Crippen molar-refractivity contribution in [1.82, 2.24) is 19.2 Å². The minimum atomic E-state index is -0.403. The number of anilines is 2. The Morgan fingerprint density at radius 3 is 2.72 bits per heavy atom. The summed E-state index contributed by atoms with van der Waals surface area (Å²) in [7, 11) is 3.66. The first-order valence-electron chi connectivity index (χ1n) is 8.97. The number of para-hydroxylation sites is 2. The zero-order valence-corrected chi connectivity index (χ0v) is 16.9. The second-order valence-corrected chi connectivity index (χ2v) is 7.36. The molecule has 148 valence electrons. The van der Waals surface area contributed by atoms with Crippen LogP contribution >= 0.6 is 11.6 Å². The fourth-order valence-electron chi connectivity index (χ4n) is 3.14. The van der Waals surface area contributed by atoms with Crippen molar-refractivity contribution in [2.45, 2.75) is 13.5 Å². The summed E-state index contributed by atoms with van der Waals surface area (Å²) in [6, 6.07) is 12.6. The van der Waals surface area contributed by atoms with Crippen LogP contribution < -0.4 is 15.9 Å². The summed E-state index contributed by atoms with van der Waals surface area (Å²) in [5, 5.41) is 7.69. The van der Waals surface area contributed by atoms with Gasteiger partial charge in [-0.1, -0.05) is 29.8 Å². The van der Waals surface area contributed by atoms with E-state index in [1.165, 1.54) is 4.40 Å². The molecule has 9 heteroatoms. The molecule has 0 saturated carbocycles. The number of carbonyl (C=O) groups is 1. The normalized spacial score (nSPS) is 11.2. The van der Waals surface area contributed by atoms with Crippen molar-refractivity contribution < 1.29 is 4.79 Å². The average Bonchev–Trinajstić information content (AvgIpc) is 3.00. The van der Waals surface area contributed by atoms with Gasteiger partial charge < -0.3 is 10.2 Å². The Morgan fingerprint density at radius 2 is 1.97 bits per heavy atom. The van der Waals surface area contributed by atoms with Crippen molar-refractivity contribution in [3.05, 3.63) is 63.5 Å². The van der Waals surface area contributed by atoms with Gasteiger partial charge in [0.15, 0.2) is 5.82 Å². The number of nitrogens with one attached hydrogen (secondary N) is 1. The topological polar surface area (TPSA) is 84.5 Å². The summed E-state index contributed by atoms with van der Waals surface area (Å²) >= 11 is 6.01. The van der Waals surface area contributed by atoms with Crippen LogP contribution in [-0.4, -0.2) is 39.2 Å². The van der Waals surface area contributed by atoms with E-state index >= 15 is 0 Å². The van der Waals surface area contributed by atoms with Gasteiger partial charge >= 0.3 is 5.69 Å². The van der Waals surface area contributed by atoms with Crippen LogP contribution in [0.3, 0.4) is 0 Å². The number of aryl methyl sites for hydroxylation is 1. The van der Waals surface area contributed by atoms with Gasteiger partial charge in [0.05, 0.1) is 11.0 Å². The van der Waals surface area contributed by atoms with Crippen LogP contribution in [0.5, 0.6) is 0 Å². The summed E-state index contributed by atoms with van der Waals surface area (Å²) < 4.78 is 2.63. The fraction of sp³-hybridized carbons (Fsp3) is 0.200. The van der Waals surface area contributed by atoms with Crippen molar-refractivity contribution in [3.63, 3.8) is 0 Å². The van der Waals surface area contributed by atoms with Crippen molar-refractivity contribution in [2.75, 3.05) is 24.3 Å². The van der Waals surface area contributed by atoms with Gasteiger partial charge in [-0.25, -0.2) is 18.9 Å². The first kappa shape index (κ1) is 18.9. The maximum atomic E-state index is 13.0.